The monoisotopic (exact) mass is 362 g/mol. The Labute approximate surface area is 155 Å². The Morgan fingerprint density at radius 1 is 1.15 bits per heavy atom. The molecule has 1 saturated heterocycles. The smallest absolute Gasteiger partial charge is 0.410 e. The van der Waals surface area contributed by atoms with E-state index in [2.05, 4.69) is 15.5 Å². The van der Waals surface area contributed by atoms with Gasteiger partial charge in [0.15, 0.2) is 0 Å². The minimum Gasteiger partial charge on any atom is -0.444 e. The molecule has 7 heteroatoms. The van der Waals surface area contributed by atoms with Gasteiger partial charge in [0.05, 0.1) is 0 Å². The van der Waals surface area contributed by atoms with Crippen LogP contribution in [-0.4, -0.2) is 66.8 Å². The van der Waals surface area contributed by atoms with E-state index in [4.69, 9.17) is 4.74 Å². The molecule has 1 heterocycles. The SMILES string of the molecule is Cc1cccc(NC(=O)NCCN2CCN(C(=O)OC(C)(C)C)CC2)c1. The van der Waals surface area contributed by atoms with Crippen molar-refractivity contribution in [3.05, 3.63) is 29.8 Å². The van der Waals surface area contributed by atoms with Crippen LogP contribution in [0.1, 0.15) is 26.3 Å². The lowest BCUT2D eigenvalue weighted by molar-refractivity contribution is 0.0147. The van der Waals surface area contributed by atoms with Gasteiger partial charge in [0, 0.05) is 45.0 Å². The summed E-state index contributed by atoms with van der Waals surface area (Å²) in [6, 6.07) is 7.48. The number of piperazine rings is 1. The lowest BCUT2D eigenvalue weighted by Crippen LogP contribution is -2.51. The molecule has 1 aromatic carbocycles. The molecule has 0 spiro atoms. The summed E-state index contributed by atoms with van der Waals surface area (Å²) in [5.74, 6) is 0. The van der Waals surface area contributed by atoms with Crippen molar-refractivity contribution >= 4 is 17.8 Å². The van der Waals surface area contributed by atoms with Crippen molar-refractivity contribution in [1.82, 2.24) is 15.1 Å². The molecule has 7 nitrogen and oxygen atoms in total. The second-order valence-electron chi connectivity index (χ2n) is 7.56. The van der Waals surface area contributed by atoms with Gasteiger partial charge >= 0.3 is 12.1 Å². The van der Waals surface area contributed by atoms with E-state index in [9.17, 15) is 9.59 Å². The van der Waals surface area contributed by atoms with Crippen LogP contribution in [0.15, 0.2) is 24.3 Å². The predicted octanol–water partition coefficient (Wildman–Crippen LogP) is 2.67. The number of carbonyl (C=O) groups is 2. The number of hydrogen-bond acceptors (Lipinski definition) is 4. The Balaban J connectivity index is 1.64. The first-order valence-electron chi connectivity index (χ1n) is 9.05. The van der Waals surface area contributed by atoms with Gasteiger partial charge in [0.1, 0.15) is 5.60 Å². The number of benzene rings is 1. The van der Waals surface area contributed by atoms with Gasteiger partial charge in [-0.25, -0.2) is 9.59 Å². The number of ether oxygens (including phenoxy) is 1. The van der Waals surface area contributed by atoms with Crippen LogP contribution in [0.5, 0.6) is 0 Å². The number of rotatable bonds is 4. The summed E-state index contributed by atoms with van der Waals surface area (Å²) in [7, 11) is 0. The molecule has 2 N–H and O–H groups in total. The molecule has 1 aromatic rings. The first-order chi connectivity index (χ1) is 12.2. The molecule has 0 bridgehead atoms. The number of hydrogen-bond donors (Lipinski definition) is 2. The molecule has 0 radical (unpaired) electrons. The van der Waals surface area contributed by atoms with Crippen LogP contribution in [-0.2, 0) is 4.74 Å². The summed E-state index contributed by atoms with van der Waals surface area (Å²) in [4.78, 5) is 27.9. The predicted molar refractivity (Wildman–Crippen MR) is 102 cm³/mol. The van der Waals surface area contributed by atoms with Gasteiger partial charge in [-0.15, -0.1) is 0 Å². The Hall–Kier alpha value is -2.28. The van der Waals surface area contributed by atoms with Gasteiger partial charge in [0.2, 0.25) is 0 Å². The van der Waals surface area contributed by atoms with Crippen molar-refractivity contribution in [3.63, 3.8) is 0 Å². The molecule has 26 heavy (non-hydrogen) atoms. The number of urea groups is 1. The Bertz CT molecular complexity index is 619. The highest BCUT2D eigenvalue weighted by Gasteiger charge is 2.25. The van der Waals surface area contributed by atoms with Crippen LogP contribution in [0.3, 0.4) is 0 Å². The van der Waals surface area contributed by atoms with Crippen LogP contribution >= 0.6 is 0 Å². The minimum absolute atomic E-state index is 0.206. The third kappa shape index (κ3) is 6.92. The molecule has 3 amide bonds. The maximum Gasteiger partial charge on any atom is 0.410 e. The summed E-state index contributed by atoms with van der Waals surface area (Å²) in [5.41, 5.74) is 1.42. The third-order valence-corrected chi connectivity index (χ3v) is 4.01. The maximum absolute atomic E-state index is 12.0. The zero-order chi connectivity index (χ0) is 19.2. The van der Waals surface area contributed by atoms with Gasteiger partial charge < -0.3 is 20.3 Å². The van der Waals surface area contributed by atoms with Crippen LogP contribution in [0, 0.1) is 6.92 Å². The van der Waals surface area contributed by atoms with Crippen molar-refractivity contribution in [2.24, 2.45) is 0 Å². The fourth-order valence-electron chi connectivity index (χ4n) is 2.71. The lowest BCUT2D eigenvalue weighted by atomic mass is 10.2. The van der Waals surface area contributed by atoms with Crippen LogP contribution in [0.2, 0.25) is 0 Å². The number of nitrogens with one attached hydrogen (secondary N) is 2. The number of aryl methyl sites for hydroxylation is 1. The van der Waals surface area contributed by atoms with E-state index in [1.54, 1.807) is 4.90 Å². The largest absolute Gasteiger partial charge is 0.444 e. The van der Waals surface area contributed by atoms with Gasteiger partial charge in [-0.2, -0.15) is 0 Å². The van der Waals surface area contributed by atoms with Crippen LogP contribution in [0.4, 0.5) is 15.3 Å². The summed E-state index contributed by atoms with van der Waals surface area (Å²) in [6.45, 7) is 11.8. The van der Waals surface area contributed by atoms with E-state index in [-0.39, 0.29) is 12.1 Å². The standard InChI is InChI=1S/C19H30N4O3/c1-15-6-5-7-16(14-15)21-17(24)20-8-9-22-10-12-23(13-11-22)18(25)26-19(2,3)4/h5-7,14H,8-13H2,1-4H3,(H2,20,21,24). The molecule has 1 aliphatic heterocycles. The molecule has 0 aromatic heterocycles. The Kier molecular flexibility index (Phi) is 6.85. The first-order valence-corrected chi connectivity index (χ1v) is 9.05. The summed E-state index contributed by atoms with van der Waals surface area (Å²) in [5, 5.41) is 5.69. The number of amides is 3. The number of anilines is 1. The third-order valence-electron chi connectivity index (χ3n) is 4.01. The molecule has 2 rings (SSSR count). The molecule has 144 valence electrons. The topological polar surface area (TPSA) is 73.9 Å². The van der Waals surface area contributed by atoms with Crippen LogP contribution in [0.25, 0.3) is 0 Å². The van der Waals surface area contributed by atoms with E-state index >= 15 is 0 Å². The number of nitrogens with zero attached hydrogens (tertiary/aromatic N) is 2. The molecule has 1 aliphatic rings. The highest BCUT2D eigenvalue weighted by atomic mass is 16.6. The van der Waals surface area contributed by atoms with Gasteiger partial charge in [-0.3, -0.25) is 4.90 Å². The van der Waals surface area contributed by atoms with Crippen molar-refractivity contribution in [3.8, 4) is 0 Å². The molecular formula is C19H30N4O3. The van der Waals surface area contributed by atoms with E-state index in [1.807, 2.05) is 52.0 Å². The van der Waals surface area contributed by atoms with Crippen LogP contribution < -0.4 is 10.6 Å². The molecule has 0 saturated carbocycles. The maximum atomic E-state index is 12.0. The average molecular weight is 362 g/mol. The summed E-state index contributed by atoms with van der Waals surface area (Å²) >= 11 is 0. The lowest BCUT2D eigenvalue weighted by Gasteiger charge is -2.35. The van der Waals surface area contributed by atoms with Gasteiger partial charge in [0.25, 0.3) is 0 Å². The fourth-order valence-corrected chi connectivity index (χ4v) is 2.71. The molecule has 1 fully saturated rings. The molecule has 0 aliphatic carbocycles. The zero-order valence-electron chi connectivity index (χ0n) is 16.2. The minimum atomic E-state index is -0.469. The van der Waals surface area contributed by atoms with Gasteiger partial charge in [-0.1, -0.05) is 12.1 Å². The van der Waals surface area contributed by atoms with E-state index < -0.39 is 5.60 Å². The van der Waals surface area contributed by atoms with Crippen molar-refractivity contribution in [2.45, 2.75) is 33.3 Å². The van der Waals surface area contributed by atoms with Gasteiger partial charge in [-0.05, 0) is 45.4 Å². The van der Waals surface area contributed by atoms with Crippen molar-refractivity contribution < 1.29 is 14.3 Å². The molecule has 0 atom stereocenters. The quantitative estimate of drug-likeness (QED) is 0.864. The molecule has 0 unspecified atom stereocenters. The fraction of sp³-hybridized carbons (Fsp3) is 0.579. The highest BCUT2D eigenvalue weighted by Crippen LogP contribution is 2.12. The Morgan fingerprint density at radius 2 is 1.85 bits per heavy atom. The first kappa shape index (κ1) is 20.0. The Morgan fingerprint density at radius 3 is 2.46 bits per heavy atom. The second-order valence-corrected chi connectivity index (χ2v) is 7.56. The van der Waals surface area contributed by atoms with Crippen molar-refractivity contribution in [1.29, 1.82) is 0 Å². The van der Waals surface area contributed by atoms with Crippen molar-refractivity contribution in [2.75, 3.05) is 44.6 Å². The zero-order valence-corrected chi connectivity index (χ0v) is 16.2. The summed E-state index contributed by atoms with van der Waals surface area (Å²) in [6.07, 6.45) is -0.257. The normalized spacial score (nSPS) is 15.5. The van der Waals surface area contributed by atoms with E-state index in [0.717, 1.165) is 30.9 Å². The highest BCUT2D eigenvalue weighted by molar-refractivity contribution is 5.89. The number of carbonyl (C=O) groups excluding carboxylic acids is 2. The van der Waals surface area contributed by atoms with E-state index in [1.165, 1.54) is 0 Å². The van der Waals surface area contributed by atoms with E-state index in [0.29, 0.717) is 19.6 Å². The second kappa shape index (κ2) is 8.89. The molecular weight excluding hydrogens is 332 g/mol. The summed E-state index contributed by atoms with van der Waals surface area (Å²) < 4.78 is 5.39. The average Bonchev–Trinajstić information content (AvgIpc) is 2.54.